The summed E-state index contributed by atoms with van der Waals surface area (Å²) in [5, 5.41) is 19.5. The largest absolute Gasteiger partial charge is 1.00 e. The average molecular weight is 208 g/mol. The van der Waals surface area contributed by atoms with E-state index in [0.717, 1.165) is 0 Å². The summed E-state index contributed by atoms with van der Waals surface area (Å²) in [6, 6.07) is 3.97. The van der Waals surface area contributed by atoms with Gasteiger partial charge in [0.25, 0.3) is 0 Å². The maximum absolute atomic E-state index is 10.3. The van der Waals surface area contributed by atoms with E-state index in [-0.39, 0.29) is 68.6 Å². The Hall–Kier alpha value is -0.144. The van der Waals surface area contributed by atoms with Crippen LogP contribution in [0.4, 0.5) is 5.69 Å². The van der Waals surface area contributed by atoms with Crippen molar-refractivity contribution >= 4 is 5.69 Å². The number of phenolic OH excluding ortho intramolecular Hbond substituents is 1. The molecule has 0 aliphatic rings. The van der Waals surface area contributed by atoms with Gasteiger partial charge in [0.15, 0.2) is 5.75 Å². The minimum atomic E-state index is -0.613. The molecule has 0 aromatic heterocycles. The van der Waals surface area contributed by atoms with E-state index in [2.05, 4.69) is 4.74 Å². The van der Waals surface area contributed by atoms with Crippen LogP contribution < -0.4 is 56.1 Å². The number of hydrogen-bond donors (Lipinski definition) is 1. The molecule has 1 aromatic rings. The predicted molar refractivity (Wildman–Crippen MR) is 41.3 cm³/mol. The Bertz CT molecular complexity index is 315. The molecule has 0 atom stereocenters. The smallest absolute Gasteiger partial charge is 0.504 e. The van der Waals surface area contributed by atoms with Crippen LogP contribution >= 0.6 is 0 Å². The van der Waals surface area contributed by atoms with Gasteiger partial charge in [0.1, 0.15) is 0 Å². The molecule has 1 rings (SSSR count). The molecule has 5 nitrogen and oxygen atoms in total. The molecular weight excluding hydrogens is 201 g/mol. The number of methoxy groups -OCH3 is 1. The van der Waals surface area contributed by atoms with E-state index in [1.807, 2.05) is 0 Å². The molecule has 0 spiro atoms. The van der Waals surface area contributed by atoms with Crippen molar-refractivity contribution in [1.82, 2.24) is 0 Å². The Morgan fingerprint density at radius 1 is 1.54 bits per heavy atom. The number of ether oxygens (including phenoxy) is 1. The maximum atomic E-state index is 10.3. The van der Waals surface area contributed by atoms with Crippen LogP contribution in [0, 0.1) is 10.1 Å². The summed E-state index contributed by atoms with van der Waals surface area (Å²) in [5.74, 6) is -0.339. The molecule has 0 bridgehead atoms. The van der Waals surface area contributed by atoms with Crippen LogP contribution in [0.15, 0.2) is 18.2 Å². The molecule has 0 saturated heterocycles. The first-order valence-electron chi connectivity index (χ1n) is 3.17. The molecule has 0 aliphatic carbocycles. The van der Waals surface area contributed by atoms with Crippen LogP contribution in [0.3, 0.4) is 0 Å². The van der Waals surface area contributed by atoms with Gasteiger partial charge in [0.05, 0.1) is 12.0 Å². The van der Waals surface area contributed by atoms with Crippen LogP contribution in [0.1, 0.15) is 0 Å². The number of rotatable bonds is 2. The molecule has 0 amide bonds. The van der Waals surface area contributed by atoms with Crippen molar-refractivity contribution in [2.24, 2.45) is 0 Å². The second-order valence-corrected chi connectivity index (χ2v) is 2.09. The monoisotopic (exact) mass is 208 g/mol. The number of hydrogen-bond acceptors (Lipinski definition) is 4. The van der Waals surface area contributed by atoms with Gasteiger partial charge in [-0.1, -0.05) is 6.07 Å². The van der Waals surface area contributed by atoms with Crippen molar-refractivity contribution in [2.75, 3.05) is 7.11 Å². The first-order valence-corrected chi connectivity index (χ1v) is 3.17. The third-order valence-electron chi connectivity index (χ3n) is 1.37. The van der Waals surface area contributed by atoms with E-state index in [1.165, 1.54) is 25.3 Å². The Morgan fingerprint density at radius 3 is 2.54 bits per heavy atom. The topological polar surface area (TPSA) is 72.6 Å². The Labute approximate surface area is 117 Å². The molecule has 0 saturated carbocycles. The van der Waals surface area contributed by atoms with Crippen molar-refractivity contribution in [3.63, 3.8) is 0 Å². The molecule has 1 aromatic carbocycles. The van der Waals surface area contributed by atoms with Crippen molar-refractivity contribution < 1.29 is 66.2 Å². The Kier molecular flexibility index (Phi) is 5.50. The zero-order chi connectivity index (χ0) is 9.14. The van der Waals surface area contributed by atoms with Gasteiger partial charge in [0.2, 0.25) is 5.75 Å². The normalized spacial score (nSPS) is 8.69. The van der Waals surface area contributed by atoms with E-state index in [0.29, 0.717) is 0 Å². The molecule has 13 heavy (non-hydrogen) atoms. The van der Waals surface area contributed by atoms with E-state index in [9.17, 15) is 10.1 Å². The third kappa shape index (κ3) is 2.92. The minimum absolute atomic E-state index is 0. The zero-order valence-corrected chi connectivity index (χ0v) is 10.5. The van der Waals surface area contributed by atoms with Crippen molar-refractivity contribution in [3.05, 3.63) is 28.3 Å². The van der Waals surface area contributed by atoms with E-state index in [4.69, 9.17) is 5.11 Å². The summed E-state index contributed by atoms with van der Waals surface area (Å²) in [6.07, 6.45) is 0. The predicted octanol–water partition coefficient (Wildman–Crippen LogP) is -1.69. The molecule has 64 valence electrons. The molecule has 0 radical (unpaired) electrons. The fourth-order valence-corrected chi connectivity index (χ4v) is 0.866. The van der Waals surface area contributed by atoms with Crippen molar-refractivity contribution in [2.45, 2.75) is 0 Å². The van der Waals surface area contributed by atoms with E-state index in [1.54, 1.807) is 0 Å². The quantitative estimate of drug-likeness (QED) is 0.358. The standard InChI is InChI=1S/C7H7NO4.K/c1-12-7-5(8(10)11)3-2-4-6(7)9;/h2-4,9H,1H3;/q;+1. The van der Waals surface area contributed by atoms with Gasteiger partial charge in [-0.2, -0.15) is 0 Å². The van der Waals surface area contributed by atoms with E-state index >= 15 is 0 Å². The summed E-state index contributed by atoms with van der Waals surface area (Å²) in [4.78, 5) is 9.73. The zero-order valence-electron chi connectivity index (χ0n) is 7.35. The molecule has 0 heterocycles. The summed E-state index contributed by atoms with van der Waals surface area (Å²) in [7, 11) is 1.27. The van der Waals surface area contributed by atoms with Crippen LogP contribution in [-0.4, -0.2) is 17.1 Å². The molecule has 0 unspecified atom stereocenters. The van der Waals surface area contributed by atoms with Crippen LogP contribution in [0.2, 0.25) is 0 Å². The molecule has 6 heteroatoms. The molecule has 0 fully saturated rings. The van der Waals surface area contributed by atoms with Crippen molar-refractivity contribution in [3.8, 4) is 11.5 Å². The minimum Gasteiger partial charge on any atom is -0.504 e. The number of phenols is 1. The number of para-hydroxylation sites is 1. The second-order valence-electron chi connectivity index (χ2n) is 2.09. The number of nitro groups is 1. The fourth-order valence-electron chi connectivity index (χ4n) is 0.866. The van der Waals surface area contributed by atoms with E-state index < -0.39 is 4.92 Å². The molecule has 0 aliphatic heterocycles. The maximum Gasteiger partial charge on any atom is 1.00 e. The number of benzene rings is 1. The van der Waals surface area contributed by atoms with Gasteiger partial charge in [-0.25, -0.2) is 0 Å². The van der Waals surface area contributed by atoms with Crippen LogP contribution in [0.5, 0.6) is 11.5 Å². The number of nitrogens with zero attached hydrogens (tertiary/aromatic N) is 1. The first kappa shape index (κ1) is 12.9. The van der Waals surface area contributed by atoms with Gasteiger partial charge >= 0.3 is 57.1 Å². The van der Waals surface area contributed by atoms with Crippen LogP contribution in [-0.2, 0) is 0 Å². The third-order valence-corrected chi connectivity index (χ3v) is 1.37. The molecule has 1 N–H and O–H groups in total. The van der Waals surface area contributed by atoms with Crippen LogP contribution in [0.25, 0.3) is 0 Å². The number of nitro benzene ring substituents is 1. The van der Waals surface area contributed by atoms with Gasteiger partial charge in [-0.05, 0) is 6.07 Å². The first-order chi connectivity index (χ1) is 5.66. The Balaban J connectivity index is 0.00000144. The van der Waals surface area contributed by atoms with Gasteiger partial charge < -0.3 is 9.84 Å². The SMILES string of the molecule is COc1c(O)cccc1[N+](=O)[O-].[K+]. The second kappa shape index (κ2) is 5.56. The fraction of sp³-hybridized carbons (Fsp3) is 0.143. The van der Waals surface area contributed by atoms with Gasteiger partial charge in [0, 0.05) is 6.07 Å². The van der Waals surface area contributed by atoms with Gasteiger partial charge in [-0.15, -0.1) is 0 Å². The van der Waals surface area contributed by atoms with Gasteiger partial charge in [-0.3, -0.25) is 10.1 Å². The number of aromatic hydroxyl groups is 1. The summed E-state index contributed by atoms with van der Waals surface area (Å²) in [5.41, 5.74) is -0.238. The summed E-state index contributed by atoms with van der Waals surface area (Å²) in [6.45, 7) is 0. The Morgan fingerprint density at radius 2 is 2.15 bits per heavy atom. The average Bonchev–Trinajstić information content (AvgIpc) is 2.03. The summed E-state index contributed by atoms with van der Waals surface area (Å²) >= 11 is 0. The van der Waals surface area contributed by atoms with Crippen molar-refractivity contribution in [1.29, 1.82) is 0 Å². The molecular formula is C7H7KNO4+. The summed E-state index contributed by atoms with van der Waals surface area (Å²) < 4.78 is 4.65.